The number of anilines is 1. The number of carboxylic acids is 1. The number of carbonyl (C=O) groups is 2. The van der Waals surface area contributed by atoms with Gasteiger partial charge in [-0.1, -0.05) is 0 Å². The molecule has 0 unspecified atom stereocenters. The molecule has 8 nitrogen and oxygen atoms in total. The second-order valence-corrected chi connectivity index (χ2v) is 9.46. The van der Waals surface area contributed by atoms with Crippen molar-refractivity contribution < 1.29 is 28.2 Å². The number of nitrogens with one attached hydrogen (secondary N) is 1. The van der Waals surface area contributed by atoms with Crippen LogP contribution in [0.25, 0.3) is 10.9 Å². The zero-order chi connectivity index (χ0) is 26.1. The van der Waals surface area contributed by atoms with Crippen LogP contribution in [0.1, 0.15) is 61.8 Å². The van der Waals surface area contributed by atoms with Gasteiger partial charge in [0.25, 0.3) is 0 Å². The predicted molar refractivity (Wildman–Crippen MR) is 132 cm³/mol. The Labute approximate surface area is 207 Å². The fraction of sp³-hybridized carbons (Fsp3) is 0.500. The number of allylic oxidation sites excluding steroid dienone is 1. The van der Waals surface area contributed by atoms with Gasteiger partial charge in [-0.3, -0.25) is 9.59 Å². The fourth-order valence-electron chi connectivity index (χ4n) is 4.80. The number of fused-ring (bicyclic) bond motifs is 1. The summed E-state index contributed by atoms with van der Waals surface area (Å²) >= 11 is 0. The van der Waals surface area contributed by atoms with Gasteiger partial charge in [-0.25, -0.2) is 13.6 Å². The van der Waals surface area contributed by atoms with Crippen LogP contribution in [0.4, 0.5) is 14.5 Å². The van der Waals surface area contributed by atoms with Gasteiger partial charge < -0.3 is 24.6 Å². The summed E-state index contributed by atoms with van der Waals surface area (Å²) in [5, 5.41) is 12.3. The molecular weight excluding hydrogens is 472 g/mol. The average molecular weight is 504 g/mol. The molecule has 1 saturated carbocycles. The van der Waals surface area contributed by atoms with Crippen LogP contribution in [0.5, 0.6) is 5.75 Å². The summed E-state index contributed by atoms with van der Waals surface area (Å²) in [5.74, 6) is -2.42. The average Bonchev–Trinajstić information content (AvgIpc) is 3.71. The molecule has 10 heteroatoms. The van der Waals surface area contributed by atoms with Crippen molar-refractivity contribution in [3.63, 3.8) is 0 Å². The standard InChI is InChI=1S/C26H31F2N3O5/c1-14(29-2)21(32)9-8-19(27)15-5-4-10-30(12-15)23-20(28)11-17-22(25(23)36-3)31(16-6-7-16)13-18(24(17)33)26(34)35/h11,13-14,16,29H,4-10,12H2,1-3H3,(H,34,35)/b19-15+/t14-/m0/s1. The molecule has 0 spiro atoms. The Kier molecular flexibility index (Phi) is 7.44. The largest absolute Gasteiger partial charge is 0.492 e. The third-order valence-electron chi connectivity index (χ3n) is 7.07. The first-order valence-electron chi connectivity index (χ1n) is 12.2. The number of benzene rings is 1. The molecule has 2 aliphatic rings. The highest BCUT2D eigenvalue weighted by Crippen LogP contribution is 2.44. The lowest BCUT2D eigenvalue weighted by Gasteiger charge is -2.33. The number of methoxy groups -OCH3 is 1. The lowest BCUT2D eigenvalue weighted by atomic mass is 9.99. The van der Waals surface area contributed by atoms with Crippen LogP contribution >= 0.6 is 0 Å². The van der Waals surface area contributed by atoms with Gasteiger partial charge >= 0.3 is 5.97 Å². The zero-order valence-corrected chi connectivity index (χ0v) is 20.7. The third-order valence-corrected chi connectivity index (χ3v) is 7.07. The monoisotopic (exact) mass is 503 g/mol. The number of nitrogens with zero attached hydrogens (tertiary/aromatic N) is 2. The molecule has 1 aliphatic carbocycles. The highest BCUT2D eigenvalue weighted by atomic mass is 19.1. The first-order valence-corrected chi connectivity index (χ1v) is 12.2. The summed E-state index contributed by atoms with van der Waals surface area (Å²) in [6, 6.07) is 0.699. The quantitative estimate of drug-likeness (QED) is 0.534. The van der Waals surface area contributed by atoms with Gasteiger partial charge in [0.2, 0.25) is 5.43 Å². The molecule has 0 radical (unpaired) electrons. The van der Waals surface area contributed by atoms with Gasteiger partial charge in [0.05, 0.1) is 24.1 Å². The number of ketones is 1. The topological polar surface area (TPSA) is 101 Å². The molecular formula is C26H31F2N3O5. The number of aromatic nitrogens is 1. The molecule has 1 aliphatic heterocycles. The van der Waals surface area contributed by atoms with Crippen LogP contribution < -0.4 is 20.4 Å². The molecule has 194 valence electrons. The zero-order valence-electron chi connectivity index (χ0n) is 20.7. The normalized spacial score (nSPS) is 18.3. The number of pyridine rings is 1. The van der Waals surface area contributed by atoms with Gasteiger partial charge in [-0.05, 0) is 51.3 Å². The first-order chi connectivity index (χ1) is 17.2. The minimum atomic E-state index is -1.37. The van der Waals surface area contributed by atoms with E-state index in [-0.39, 0.29) is 59.9 Å². The Morgan fingerprint density at radius 2 is 2.03 bits per heavy atom. The second kappa shape index (κ2) is 10.4. The third kappa shape index (κ3) is 4.86. The highest BCUT2D eigenvalue weighted by molar-refractivity contribution is 5.97. The van der Waals surface area contributed by atoms with Gasteiger partial charge in [-0.15, -0.1) is 0 Å². The number of carbonyl (C=O) groups excluding carboxylic acids is 1. The van der Waals surface area contributed by atoms with Crippen molar-refractivity contribution in [1.82, 2.24) is 9.88 Å². The number of likely N-dealkylation sites (N-methyl/N-ethyl adjacent to an activating group) is 1. The van der Waals surface area contributed by atoms with E-state index in [0.717, 1.165) is 18.9 Å². The Morgan fingerprint density at radius 3 is 2.64 bits per heavy atom. The smallest absolute Gasteiger partial charge is 0.341 e. The Bertz CT molecular complexity index is 1300. The van der Waals surface area contributed by atoms with Crippen LogP contribution in [0.3, 0.4) is 0 Å². The number of Topliss-reactive ketones (excluding diaryl/α,β-unsaturated/α-hetero) is 1. The fourth-order valence-corrected chi connectivity index (χ4v) is 4.80. The summed E-state index contributed by atoms with van der Waals surface area (Å²) in [6.45, 7) is 2.30. The maximum absolute atomic E-state index is 15.5. The van der Waals surface area contributed by atoms with Crippen LogP contribution in [0.15, 0.2) is 28.5 Å². The number of ether oxygens (including phenoxy) is 1. The van der Waals surface area contributed by atoms with Crippen molar-refractivity contribution >= 4 is 28.3 Å². The minimum absolute atomic E-state index is 0.00907. The predicted octanol–water partition coefficient (Wildman–Crippen LogP) is 3.96. The van der Waals surface area contributed by atoms with Gasteiger partial charge in [0.15, 0.2) is 11.6 Å². The van der Waals surface area contributed by atoms with E-state index in [0.29, 0.717) is 30.5 Å². The number of hydrogen-bond acceptors (Lipinski definition) is 6. The number of aromatic carboxylic acids is 1. The molecule has 2 N–H and O–H groups in total. The van der Waals surface area contributed by atoms with Crippen LogP contribution in [-0.2, 0) is 4.79 Å². The van der Waals surface area contributed by atoms with Crippen LogP contribution in [0.2, 0.25) is 0 Å². The molecule has 4 rings (SSSR count). The summed E-state index contributed by atoms with van der Waals surface area (Å²) in [5.41, 5.74) is -0.227. The van der Waals surface area contributed by atoms with E-state index in [1.165, 1.54) is 13.3 Å². The van der Waals surface area contributed by atoms with Crippen LogP contribution in [0, 0.1) is 5.82 Å². The molecule has 0 amide bonds. The molecule has 36 heavy (non-hydrogen) atoms. The number of piperidine rings is 1. The Hall–Kier alpha value is -3.27. The maximum atomic E-state index is 15.5. The number of carboxylic acid groups (broad SMARTS) is 1. The van der Waals surface area contributed by atoms with Crippen molar-refractivity contribution in [2.75, 3.05) is 32.1 Å². The van der Waals surface area contributed by atoms with E-state index < -0.39 is 22.8 Å². The first kappa shape index (κ1) is 25.8. The SMILES string of the molecule is CN[C@@H](C)C(=O)CC/C(F)=C1/CCCN(c2c(F)cc3c(=O)c(C(=O)O)cn(C4CC4)c3c2OC)C1. The van der Waals surface area contributed by atoms with Crippen molar-refractivity contribution in [2.24, 2.45) is 0 Å². The number of halogens is 2. The van der Waals surface area contributed by atoms with Crippen molar-refractivity contribution in [2.45, 2.75) is 57.5 Å². The lowest BCUT2D eigenvalue weighted by Crippen LogP contribution is -2.33. The lowest BCUT2D eigenvalue weighted by molar-refractivity contribution is -0.120. The van der Waals surface area contributed by atoms with E-state index in [1.807, 2.05) is 0 Å². The van der Waals surface area contributed by atoms with Crippen molar-refractivity contribution in [3.05, 3.63) is 45.3 Å². The Balaban J connectivity index is 1.75. The molecule has 2 heterocycles. The molecule has 1 aromatic heterocycles. The summed E-state index contributed by atoms with van der Waals surface area (Å²) in [6.07, 6.45) is 4.07. The molecule has 1 saturated heterocycles. The van der Waals surface area contributed by atoms with E-state index in [1.54, 1.807) is 23.4 Å². The molecule has 1 aromatic carbocycles. The molecule has 1 atom stereocenters. The van der Waals surface area contributed by atoms with Crippen molar-refractivity contribution in [1.29, 1.82) is 0 Å². The summed E-state index contributed by atoms with van der Waals surface area (Å²) in [7, 11) is 3.05. The van der Waals surface area contributed by atoms with Gasteiger partial charge in [0.1, 0.15) is 22.9 Å². The Morgan fingerprint density at radius 1 is 1.31 bits per heavy atom. The van der Waals surface area contributed by atoms with Gasteiger partial charge in [-0.2, -0.15) is 0 Å². The van der Waals surface area contributed by atoms with Gasteiger partial charge in [0, 0.05) is 38.2 Å². The number of hydrogen-bond donors (Lipinski definition) is 2. The van der Waals surface area contributed by atoms with E-state index in [4.69, 9.17) is 4.74 Å². The summed E-state index contributed by atoms with van der Waals surface area (Å²) < 4.78 is 37.9. The van der Waals surface area contributed by atoms with E-state index >= 15 is 8.78 Å². The minimum Gasteiger partial charge on any atom is -0.492 e. The van der Waals surface area contributed by atoms with E-state index in [9.17, 15) is 19.5 Å². The second-order valence-electron chi connectivity index (χ2n) is 9.46. The van der Waals surface area contributed by atoms with E-state index in [2.05, 4.69) is 5.32 Å². The van der Waals surface area contributed by atoms with Crippen molar-refractivity contribution in [3.8, 4) is 5.75 Å². The number of rotatable bonds is 9. The molecule has 2 aromatic rings. The summed E-state index contributed by atoms with van der Waals surface area (Å²) in [4.78, 5) is 38.3. The molecule has 2 fully saturated rings. The maximum Gasteiger partial charge on any atom is 0.341 e. The van der Waals surface area contributed by atoms with Crippen LogP contribution in [-0.4, -0.2) is 54.7 Å². The highest BCUT2D eigenvalue weighted by Gasteiger charge is 2.32. The molecule has 0 bridgehead atoms.